The SMILES string of the molecule is CCCCN(CCCC)C(=O)c1cc(NCC)ncc1Cl. The van der Waals surface area contributed by atoms with Gasteiger partial charge in [0.15, 0.2) is 0 Å². The number of halogens is 1. The zero-order valence-electron chi connectivity index (χ0n) is 13.3. The van der Waals surface area contributed by atoms with Crippen molar-refractivity contribution in [3.8, 4) is 0 Å². The molecule has 118 valence electrons. The fourth-order valence-corrected chi connectivity index (χ4v) is 2.25. The van der Waals surface area contributed by atoms with Crippen molar-refractivity contribution in [2.24, 2.45) is 0 Å². The largest absolute Gasteiger partial charge is 0.370 e. The quantitative estimate of drug-likeness (QED) is 0.743. The topological polar surface area (TPSA) is 45.2 Å². The van der Waals surface area contributed by atoms with Gasteiger partial charge in [0.2, 0.25) is 0 Å². The molecule has 5 heteroatoms. The van der Waals surface area contributed by atoms with Gasteiger partial charge in [0, 0.05) is 25.8 Å². The number of rotatable bonds is 9. The maximum absolute atomic E-state index is 12.7. The van der Waals surface area contributed by atoms with E-state index in [1.165, 1.54) is 0 Å². The van der Waals surface area contributed by atoms with Crippen LogP contribution in [0, 0.1) is 0 Å². The van der Waals surface area contributed by atoms with E-state index in [2.05, 4.69) is 24.1 Å². The molecule has 0 bridgehead atoms. The molecule has 0 atom stereocenters. The molecule has 0 unspecified atom stereocenters. The second-order valence-corrected chi connectivity index (χ2v) is 5.49. The van der Waals surface area contributed by atoms with Crippen molar-refractivity contribution in [2.45, 2.75) is 46.5 Å². The second-order valence-electron chi connectivity index (χ2n) is 5.08. The van der Waals surface area contributed by atoms with Gasteiger partial charge in [-0.15, -0.1) is 0 Å². The first-order valence-corrected chi connectivity index (χ1v) is 8.20. The standard InChI is InChI=1S/C16H26ClN3O/c1-4-7-9-20(10-8-5-2)16(21)13-11-15(18-6-3)19-12-14(13)17/h11-12H,4-10H2,1-3H3,(H,18,19). The molecule has 0 aliphatic heterocycles. The summed E-state index contributed by atoms with van der Waals surface area (Å²) in [5.41, 5.74) is 0.537. The van der Waals surface area contributed by atoms with E-state index in [-0.39, 0.29) is 5.91 Å². The lowest BCUT2D eigenvalue weighted by molar-refractivity contribution is 0.0751. The molecule has 0 fully saturated rings. The fourth-order valence-electron chi connectivity index (χ4n) is 2.06. The zero-order valence-corrected chi connectivity index (χ0v) is 14.0. The Morgan fingerprint density at radius 2 is 1.86 bits per heavy atom. The number of hydrogen-bond donors (Lipinski definition) is 1. The molecule has 1 aromatic heterocycles. The van der Waals surface area contributed by atoms with E-state index in [0.29, 0.717) is 16.4 Å². The van der Waals surface area contributed by atoms with Crippen LogP contribution >= 0.6 is 11.6 Å². The Morgan fingerprint density at radius 3 is 2.38 bits per heavy atom. The van der Waals surface area contributed by atoms with E-state index in [4.69, 9.17) is 11.6 Å². The smallest absolute Gasteiger partial charge is 0.255 e. The van der Waals surface area contributed by atoms with E-state index in [1.807, 2.05) is 11.8 Å². The Morgan fingerprint density at radius 1 is 1.24 bits per heavy atom. The van der Waals surface area contributed by atoms with Crippen LogP contribution in [0.25, 0.3) is 0 Å². The van der Waals surface area contributed by atoms with Crippen molar-refractivity contribution in [1.82, 2.24) is 9.88 Å². The number of carbonyl (C=O) groups is 1. The summed E-state index contributed by atoms with van der Waals surface area (Å²) in [6.07, 6.45) is 5.71. The van der Waals surface area contributed by atoms with Gasteiger partial charge in [0.05, 0.1) is 10.6 Å². The molecular formula is C16H26ClN3O. The molecule has 4 nitrogen and oxygen atoms in total. The fraction of sp³-hybridized carbons (Fsp3) is 0.625. The third-order valence-corrected chi connectivity index (χ3v) is 3.60. The predicted octanol–water partition coefficient (Wildman–Crippen LogP) is 4.21. The van der Waals surface area contributed by atoms with Gasteiger partial charge in [0.1, 0.15) is 5.82 Å². The first kappa shape index (κ1) is 17.8. The highest BCUT2D eigenvalue weighted by atomic mass is 35.5. The summed E-state index contributed by atoms with van der Waals surface area (Å²) in [5.74, 6) is 0.694. The van der Waals surface area contributed by atoms with Crippen LogP contribution in [0.1, 0.15) is 56.8 Å². The maximum Gasteiger partial charge on any atom is 0.255 e. The van der Waals surface area contributed by atoms with E-state index in [9.17, 15) is 4.79 Å². The van der Waals surface area contributed by atoms with Crippen molar-refractivity contribution in [3.63, 3.8) is 0 Å². The number of pyridine rings is 1. The lowest BCUT2D eigenvalue weighted by Gasteiger charge is -2.23. The second kappa shape index (κ2) is 9.61. The molecule has 0 spiro atoms. The van der Waals surface area contributed by atoms with Crippen molar-refractivity contribution in [1.29, 1.82) is 0 Å². The highest BCUT2D eigenvalue weighted by Gasteiger charge is 2.18. The molecule has 0 aliphatic carbocycles. The number of unbranched alkanes of at least 4 members (excludes halogenated alkanes) is 2. The maximum atomic E-state index is 12.7. The summed E-state index contributed by atoms with van der Waals surface area (Å²) >= 11 is 6.17. The molecule has 1 aromatic rings. The van der Waals surface area contributed by atoms with Gasteiger partial charge in [-0.3, -0.25) is 4.79 Å². The third-order valence-electron chi connectivity index (χ3n) is 3.29. The van der Waals surface area contributed by atoms with E-state index >= 15 is 0 Å². The summed E-state index contributed by atoms with van der Waals surface area (Å²) in [4.78, 5) is 18.8. The molecule has 0 aliphatic rings. The van der Waals surface area contributed by atoms with Gasteiger partial charge in [-0.2, -0.15) is 0 Å². The van der Waals surface area contributed by atoms with E-state index < -0.39 is 0 Å². The van der Waals surface area contributed by atoms with Gasteiger partial charge in [-0.1, -0.05) is 38.3 Å². The van der Waals surface area contributed by atoms with E-state index in [1.54, 1.807) is 12.3 Å². The Kier molecular flexibility index (Phi) is 8.13. The summed E-state index contributed by atoms with van der Waals surface area (Å²) in [7, 11) is 0. The molecule has 0 saturated carbocycles. The summed E-state index contributed by atoms with van der Waals surface area (Å²) in [6.45, 7) is 8.58. The van der Waals surface area contributed by atoms with Gasteiger partial charge in [0.25, 0.3) is 5.91 Å². The van der Waals surface area contributed by atoms with Crippen molar-refractivity contribution in [2.75, 3.05) is 25.0 Å². The lowest BCUT2D eigenvalue weighted by atomic mass is 10.2. The van der Waals surface area contributed by atoms with Crippen LogP contribution in [0.3, 0.4) is 0 Å². The summed E-state index contributed by atoms with van der Waals surface area (Å²) in [5, 5.41) is 3.53. The van der Waals surface area contributed by atoms with Crippen LogP contribution in [0.5, 0.6) is 0 Å². The molecule has 1 heterocycles. The Balaban J connectivity index is 2.92. The highest BCUT2D eigenvalue weighted by molar-refractivity contribution is 6.33. The monoisotopic (exact) mass is 311 g/mol. The van der Waals surface area contributed by atoms with Crippen LogP contribution in [-0.4, -0.2) is 35.4 Å². The molecule has 1 N–H and O–H groups in total. The van der Waals surface area contributed by atoms with Gasteiger partial charge >= 0.3 is 0 Å². The number of carbonyl (C=O) groups excluding carboxylic acids is 1. The van der Waals surface area contributed by atoms with Crippen LogP contribution in [0.4, 0.5) is 5.82 Å². The Hall–Kier alpha value is -1.29. The zero-order chi connectivity index (χ0) is 15.7. The highest BCUT2D eigenvalue weighted by Crippen LogP contribution is 2.20. The number of nitrogens with one attached hydrogen (secondary N) is 1. The third kappa shape index (κ3) is 5.54. The molecule has 0 aromatic carbocycles. The molecule has 21 heavy (non-hydrogen) atoms. The van der Waals surface area contributed by atoms with Crippen LogP contribution in [0.2, 0.25) is 5.02 Å². The minimum Gasteiger partial charge on any atom is -0.370 e. The van der Waals surface area contributed by atoms with Crippen molar-refractivity contribution < 1.29 is 4.79 Å². The average molecular weight is 312 g/mol. The molecule has 1 rings (SSSR count). The lowest BCUT2D eigenvalue weighted by Crippen LogP contribution is -2.33. The number of anilines is 1. The first-order chi connectivity index (χ1) is 10.1. The molecule has 0 saturated heterocycles. The van der Waals surface area contributed by atoms with Crippen molar-refractivity contribution >= 4 is 23.3 Å². The van der Waals surface area contributed by atoms with Gasteiger partial charge in [-0.25, -0.2) is 4.98 Å². The number of amides is 1. The number of hydrogen-bond acceptors (Lipinski definition) is 3. The number of aromatic nitrogens is 1. The van der Waals surface area contributed by atoms with Crippen LogP contribution in [0.15, 0.2) is 12.3 Å². The minimum atomic E-state index is 0.00320. The number of nitrogens with zero attached hydrogens (tertiary/aromatic N) is 2. The summed E-state index contributed by atoms with van der Waals surface area (Å²) < 4.78 is 0. The van der Waals surface area contributed by atoms with Crippen LogP contribution in [-0.2, 0) is 0 Å². The Labute approximate surface area is 132 Å². The first-order valence-electron chi connectivity index (χ1n) is 7.82. The van der Waals surface area contributed by atoms with Gasteiger partial charge in [-0.05, 0) is 25.8 Å². The average Bonchev–Trinajstić information content (AvgIpc) is 2.49. The van der Waals surface area contributed by atoms with Crippen LogP contribution < -0.4 is 5.32 Å². The Bertz CT molecular complexity index is 443. The predicted molar refractivity (Wildman–Crippen MR) is 89.1 cm³/mol. The molecule has 1 amide bonds. The summed E-state index contributed by atoms with van der Waals surface area (Å²) in [6, 6.07) is 1.75. The van der Waals surface area contributed by atoms with E-state index in [0.717, 1.165) is 45.3 Å². The van der Waals surface area contributed by atoms with Gasteiger partial charge < -0.3 is 10.2 Å². The van der Waals surface area contributed by atoms with Crippen molar-refractivity contribution in [3.05, 3.63) is 22.8 Å². The molecular weight excluding hydrogens is 286 g/mol. The normalized spacial score (nSPS) is 10.5. The minimum absolute atomic E-state index is 0.00320. The molecule has 0 radical (unpaired) electrons.